The van der Waals surface area contributed by atoms with Crippen molar-refractivity contribution in [3.8, 4) is 11.3 Å². The smallest absolute Gasteiger partial charge is 0.224 e. The number of thiazole rings is 1. The van der Waals surface area contributed by atoms with Gasteiger partial charge in [-0.1, -0.05) is 48.5 Å². The lowest BCUT2D eigenvalue weighted by molar-refractivity contribution is -0.121. The van der Waals surface area contributed by atoms with E-state index in [-0.39, 0.29) is 11.9 Å². The van der Waals surface area contributed by atoms with E-state index in [2.05, 4.69) is 39.9 Å². The summed E-state index contributed by atoms with van der Waals surface area (Å²) in [5.74, 6) is 0.103. The van der Waals surface area contributed by atoms with E-state index < -0.39 is 0 Å². The average molecular weight is 362 g/mol. The van der Waals surface area contributed by atoms with Crippen molar-refractivity contribution in [2.75, 3.05) is 0 Å². The van der Waals surface area contributed by atoms with Crippen molar-refractivity contribution in [2.45, 2.75) is 38.6 Å². The summed E-state index contributed by atoms with van der Waals surface area (Å²) in [5.41, 5.74) is 5.93. The molecule has 2 aromatic carbocycles. The SMILES string of the molecule is Cc1nc(-c2ccc(CC(=O)NC3CCc4ccccc4C3)cc2)cs1. The third-order valence-corrected chi connectivity index (χ3v) is 5.72. The highest BCUT2D eigenvalue weighted by Gasteiger charge is 2.19. The van der Waals surface area contributed by atoms with E-state index in [4.69, 9.17) is 0 Å². The minimum Gasteiger partial charge on any atom is -0.353 e. The maximum atomic E-state index is 12.4. The number of aryl methyl sites for hydroxylation is 2. The predicted octanol–water partition coefficient (Wildman–Crippen LogP) is 4.33. The summed E-state index contributed by atoms with van der Waals surface area (Å²) in [6, 6.07) is 16.9. The van der Waals surface area contributed by atoms with Crippen molar-refractivity contribution in [3.05, 3.63) is 75.6 Å². The zero-order valence-corrected chi connectivity index (χ0v) is 15.7. The molecule has 0 radical (unpaired) electrons. The van der Waals surface area contributed by atoms with Crippen molar-refractivity contribution in [3.63, 3.8) is 0 Å². The van der Waals surface area contributed by atoms with Gasteiger partial charge in [-0.05, 0) is 42.9 Å². The van der Waals surface area contributed by atoms with Crippen LogP contribution in [-0.4, -0.2) is 16.9 Å². The van der Waals surface area contributed by atoms with Crippen LogP contribution in [0.25, 0.3) is 11.3 Å². The molecule has 1 amide bonds. The van der Waals surface area contributed by atoms with E-state index in [1.165, 1.54) is 11.1 Å². The number of amides is 1. The number of hydrogen-bond donors (Lipinski definition) is 1. The molecule has 1 atom stereocenters. The number of carbonyl (C=O) groups is 1. The highest BCUT2D eigenvalue weighted by atomic mass is 32.1. The Morgan fingerprint density at radius 2 is 1.92 bits per heavy atom. The molecule has 0 spiro atoms. The lowest BCUT2D eigenvalue weighted by Gasteiger charge is -2.25. The minimum atomic E-state index is 0.103. The first-order valence-corrected chi connectivity index (χ1v) is 9.93. The Morgan fingerprint density at radius 1 is 1.15 bits per heavy atom. The monoisotopic (exact) mass is 362 g/mol. The number of benzene rings is 2. The summed E-state index contributed by atoms with van der Waals surface area (Å²) in [5, 5.41) is 6.34. The molecular formula is C22H22N2OS. The van der Waals surface area contributed by atoms with Crippen LogP contribution in [0.3, 0.4) is 0 Å². The van der Waals surface area contributed by atoms with Gasteiger partial charge < -0.3 is 5.32 Å². The third-order valence-electron chi connectivity index (χ3n) is 4.95. The van der Waals surface area contributed by atoms with Crippen LogP contribution in [0.4, 0.5) is 0 Å². The van der Waals surface area contributed by atoms with Crippen molar-refractivity contribution in [1.29, 1.82) is 0 Å². The Bertz CT molecular complexity index is 914. The van der Waals surface area contributed by atoms with Gasteiger partial charge in [-0.2, -0.15) is 0 Å². The van der Waals surface area contributed by atoms with Crippen LogP contribution in [0.2, 0.25) is 0 Å². The molecule has 1 unspecified atom stereocenters. The molecular weight excluding hydrogens is 340 g/mol. The first-order chi connectivity index (χ1) is 12.7. The Kier molecular flexibility index (Phi) is 4.85. The van der Waals surface area contributed by atoms with Gasteiger partial charge in [0.15, 0.2) is 0 Å². The predicted molar refractivity (Wildman–Crippen MR) is 106 cm³/mol. The fourth-order valence-electron chi connectivity index (χ4n) is 3.57. The molecule has 26 heavy (non-hydrogen) atoms. The van der Waals surface area contributed by atoms with Crippen molar-refractivity contribution >= 4 is 17.2 Å². The van der Waals surface area contributed by atoms with Gasteiger partial charge in [0, 0.05) is 17.0 Å². The fourth-order valence-corrected chi connectivity index (χ4v) is 4.20. The van der Waals surface area contributed by atoms with E-state index in [0.717, 1.165) is 41.1 Å². The maximum Gasteiger partial charge on any atom is 0.224 e. The van der Waals surface area contributed by atoms with Crippen LogP contribution in [-0.2, 0) is 24.1 Å². The van der Waals surface area contributed by atoms with Crippen LogP contribution < -0.4 is 5.32 Å². The molecule has 4 rings (SSSR count). The van der Waals surface area contributed by atoms with Crippen LogP contribution >= 0.6 is 11.3 Å². The summed E-state index contributed by atoms with van der Waals surface area (Å²) in [6.45, 7) is 2.01. The van der Waals surface area contributed by atoms with Gasteiger partial charge in [0.25, 0.3) is 0 Å². The van der Waals surface area contributed by atoms with Gasteiger partial charge in [0.2, 0.25) is 5.91 Å². The first-order valence-electron chi connectivity index (χ1n) is 9.05. The summed E-state index contributed by atoms with van der Waals surface area (Å²) in [4.78, 5) is 16.9. The normalized spacial score (nSPS) is 16.1. The van der Waals surface area contributed by atoms with Crippen molar-refractivity contribution in [1.82, 2.24) is 10.3 Å². The van der Waals surface area contributed by atoms with E-state index in [1.54, 1.807) is 11.3 Å². The Hall–Kier alpha value is -2.46. The number of hydrogen-bond acceptors (Lipinski definition) is 3. The molecule has 1 aliphatic rings. The molecule has 0 saturated heterocycles. The number of nitrogens with zero attached hydrogens (tertiary/aromatic N) is 1. The van der Waals surface area contributed by atoms with Gasteiger partial charge in [0.05, 0.1) is 17.1 Å². The van der Waals surface area contributed by atoms with Crippen LogP contribution in [0.15, 0.2) is 53.9 Å². The zero-order chi connectivity index (χ0) is 17.9. The lowest BCUT2D eigenvalue weighted by atomic mass is 9.88. The van der Waals surface area contributed by atoms with E-state index in [1.807, 2.05) is 31.2 Å². The minimum absolute atomic E-state index is 0.103. The summed E-state index contributed by atoms with van der Waals surface area (Å²) < 4.78 is 0. The summed E-state index contributed by atoms with van der Waals surface area (Å²) >= 11 is 1.65. The van der Waals surface area contributed by atoms with Gasteiger partial charge >= 0.3 is 0 Å². The molecule has 3 aromatic rings. The molecule has 4 heteroatoms. The first kappa shape index (κ1) is 17.0. The second kappa shape index (κ2) is 7.42. The molecule has 1 aliphatic carbocycles. The van der Waals surface area contributed by atoms with Crippen LogP contribution in [0.1, 0.15) is 28.1 Å². The summed E-state index contributed by atoms with van der Waals surface area (Å²) in [7, 11) is 0. The van der Waals surface area contributed by atoms with Gasteiger partial charge in [-0.15, -0.1) is 11.3 Å². The standard InChI is InChI=1S/C22H22N2OS/c1-15-23-21(14-26-15)18-8-6-16(7-9-18)12-22(25)24-20-11-10-17-4-2-3-5-19(17)13-20/h2-9,14,20H,10-13H2,1H3,(H,24,25). The Morgan fingerprint density at radius 3 is 2.65 bits per heavy atom. The zero-order valence-electron chi connectivity index (χ0n) is 14.9. The molecule has 1 heterocycles. The summed E-state index contributed by atoms with van der Waals surface area (Å²) in [6.07, 6.45) is 3.42. The highest BCUT2D eigenvalue weighted by Crippen LogP contribution is 2.23. The molecule has 3 nitrogen and oxygen atoms in total. The molecule has 1 aromatic heterocycles. The van der Waals surface area contributed by atoms with E-state index in [9.17, 15) is 4.79 Å². The molecule has 0 saturated carbocycles. The highest BCUT2D eigenvalue weighted by molar-refractivity contribution is 7.09. The van der Waals surface area contributed by atoms with Crippen molar-refractivity contribution < 1.29 is 4.79 Å². The van der Waals surface area contributed by atoms with Crippen molar-refractivity contribution in [2.24, 2.45) is 0 Å². The molecule has 1 N–H and O–H groups in total. The van der Waals surface area contributed by atoms with Crippen LogP contribution in [0.5, 0.6) is 0 Å². The topological polar surface area (TPSA) is 42.0 Å². The largest absolute Gasteiger partial charge is 0.353 e. The van der Waals surface area contributed by atoms with E-state index in [0.29, 0.717) is 6.42 Å². The number of fused-ring (bicyclic) bond motifs is 1. The Balaban J connectivity index is 1.35. The second-order valence-corrected chi connectivity index (χ2v) is 7.96. The molecule has 0 fully saturated rings. The number of aromatic nitrogens is 1. The average Bonchev–Trinajstić information content (AvgIpc) is 3.08. The van der Waals surface area contributed by atoms with Gasteiger partial charge in [-0.3, -0.25) is 4.79 Å². The lowest BCUT2D eigenvalue weighted by Crippen LogP contribution is -2.39. The number of nitrogens with one attached hydrogen (secondary N) is 1. The quantitative estimate of drug-likeness (QED) is 0.750. The number of rotatable bonds is 4. The molecule has 132 valence electrons. The number of carbonyl (C=O) groups excluding carboxylic acids is 1. The fraction of sp³-hybridized carbons (Fsp3) is 0.273. The van der Waals surface area contributed by atoms with Crippen LogP contribution in [0, 0.1) is 6.92 Å². The molecule has 0 aliphatic heterocycles. The second-order valence-electron chi connectivity index (χ2n) is 6.90. The third kappa shape index (κ3) is 3.86. The van der Waals surface area contributed by atoms with E-state index >= 15 is 0 Å². The maximum absolute atomic E-state index is 12.4. The van der Waals surface area contributed by atoms with Gasteiger partial charge in [-0.25, -0.2) is 4.98 Å². The molecule has 0 bridgehead atoms. The Labute approximate surface area is 158 Å². The van der Waals surface area contributed by atoms with Gasteiger partial charge in [0.1, 0.15) is 0 Å².